The predicted molar refractivity (Wildman–Crippen MR) is 42.0 cm³/mol. The second kappa shape index (κ2) is 2.72. The highest BCUT2D eigenvalue weighted by Gasteiger charge is 2.39. The summed E-state index contributed by atoms with van der Waals surface area (Å²) in [6.07, 6.45) is -1.60. The van der Waals surface area contributed by atoms with Gasteiger partial charge in [0.25, 0.3) is 0 Å². The number of halogens is 2. The summed E-state index contributed by atoms with van der Waals surface area (Å²) in [5.74, 6) is 0.215. The van der Waals surface area contributed by atoms with E-state index >= 15 is 0 Å². The van der Waals surface area contributed by atoms with Gasteiger partial charge < -0.3 is 0 Å². The van der Waals surface area contributed by atoms with Crippen molar-refractivity contribution in [1.82, 2.24) is 0 Å². The van der Waals surface area contributed by atoms with Gasteiger partial charge in [-0.3, -0.25) is 0 Å². The molecule has 0 bridgehead atoms. The molecule has 1 fully saturated rings. The van der Waals surface area contributed by atoms with Gasteiger partial charge in [0.05, 0.1) is 0 Å². The molecule has 0 N–H and O–H groups in total. The van der Waals surface area contributed by atoms with Gasteiger partial charge in [-0.15, -0.1) is 0 Å². The van der Waals surface area contributed by atoms with E-state index in [1.165, 1.54) is 0 Å². The summed E-state index contributed by atoms with van der Waals surface area (Å²) in [6, 6.07) is 0. The van der Waals surface area contributed by atoms with E-state index < -0.39 is 12.3 Å². The van der Waals surface area contributed by atoms with Gasteiger partial charge in [0.15, 0.2) is 0 Å². The molecule has 1 saturated carbocycles. The fraction of sp³-hybridized carbons (Fsp3) is 1.00. The molecule has 66 valence electrons. The van der Waals surface area contributed by atoms with Crippen LogP contribution >= 0.6 is 0 Å². The average molecular weight is 162 g/mol. The van der Waals surface area contributed by atoms with Crippen molar-refractivity contribution in [2.45, 2.75) is 46.0 Å². The van der Waals surface area contributed by atoms with Crippen molar-refractivity contribution in [3.8, 4) is 0 Å². The highest BCUT2D eigenvalue weighted by molar-refractivity contribution is 4.89. The third kappa shape index (κ3) is 1.91. The van der Waals surface area contributed by atoms with E-state index in [0.29, 0.717) is 12.8 Å². The molecular weight excluding hydrogens is 146 g/mol. The maximum absolute atomic E-state index is 12.7. The maximum Gasteiger partial charge on any atom is 0.131 e. The summed E-state index contributed by atoms with van der Waals surface area (Å²) in [4.78, 5) is 0. The van der Waals surface area contributed by atoms with Crippen molar-refractivity contribution in [2.75, 3.05) is 0 Å². The van der Waals surface area contributed by atoms with Gasteiger partial charge in [-0.1, -0.05) is 20.8 Å². The molecule has 0 aromatic rings. The number of rotatable bonds is 0. The molecule has 2 heteroatoms. The molecule has 0 aliphatic heterocycles. The highest BCUT2D eigenvalue weighted by Crippen LogP contribution is 2.41. The topological polar surface area (TPSA) is 0 Å². The quantitative estimate of drug-likeness (QED) is 0.513. The van der Waals surface area contributed by atoms with Gasteiger partial charge >= 0.3 is 0 Å². The molecule has 2 atom stereocenters. The van der Waals surface area contributed by atoms with E-state index in [0.717, 1.165) is 0 Å². The first kappa shape index (κ1) is 8.95. The molecule has 1 aliphatic carbocycles. The summed E-state index contributed by atoms with van der Waals surface area (Å²) in [6.45, 7) is 6.13. The maximum atomic E-state index is 12.7. The van der Waals surface area contributed by atoms with E-state index in [4.69, 9.17) is 0 Å². The van der Waals surface area contributed by atoms with Crippen LogP contribution in [0.3, 0.4) is 0 Å². The van der Waals surface area contributed by atoms with Crippen LogP contribution in [0.25, 0.3) is 0 Å². The number of alkyl halides is 2. The Hall–Kier alpha value is -0.140. The molecule has 1 aliphatic rings. The van der Waals surface area contributed by atoms with Gasteiger partial charge in [-0.2, -0.15) is 0 Å². The van der Waals surface area contributed by atoms with Gasteiger partial charge in [-0.05, 0) is 24.2 Å². The molecule has 0 saturated heterocycles. The van der Waals surface area contributed by atoms with Crippen LogP contribution in [0.2, 0.25) is 0 Å². The Morgan fingerprint density at radius 1 is 1.00 bits per heavy atom. The molecule has 0 heterocycles. The Morgan fingerprint density at radius 3 is 1.55 bits per heavy atom. The first-order valence-corrected chi connectivity index (χ1v) is 4.19. The van der Waals surface area contributed by atoms with E-state index in [1.807, 2.05) is 20.8 Å². The zero-order valence-corrected chi connectivity index (χ0v) is 7.40. The second-order valence-corrected chi connectivity index (χ2v) is 4.57. The van der Waals surface area contributed by atoms with Gasteiger partial charge in [0, 0.05) is 0 Å². The average Bonchev–Trinajstić information content (AvgIpc) is 2.11. The van der Waals surface area contributed by atoms with Crippen LogP contribution in [0.15, 0.2) is 0 Å². The van der Waals surface area contributed by atoms with Crippen molar-refractivity contribution >= 4 is 0 Å². The normalized spacial score (nSPS) is 34.6. The first-order valence-electron chi connectivity index (χ1n) is 4.19. The zero-order valence-electron chi connectivity index (χ0n) is 7.40. The van der Waals surface area contributed by atoms with Crippen molar-refractivity contribution in [3.63, 3.8) is 0 Å². The summed E-state index contributed by atoms with van der Waals surface area (Å²) in [5, 5.41) is 0. The Balaban J connectivity index is 2.54. The van der Waals surface area contributed by atoms with Crippen molar-refractivity contribution in [1.29, 1.82) is 0 Å². The molecule has 0 nitrogen and oxygen atoms in total. The molecular formula is C9H16F2. The highest BCUT2D eigenvalue weighted by atomic mass is 19.2. The van der Waals surface area contributed by atoms with Gasteiger partial charge in [-0.25, -0.2) is 8.78 Å². The molecule has 0 aromatic carbocycles. The van der Waals surface area contributed by atoms with Crippen LogP contribution in [-0.4, -0.2) is 12.3 Å². The minimum Gasteiger partial charge on any atom is -0.244 e. The van der Waals surface area contributed by atoms with Crippen LogP contribution in [0, 0.1) is 11.3 Å². The summed E-state index contributed by atoms with van der Waals surface area (Å²) in [7, 11) is 0. The monoisotopic (exact) mass is 162 g/mol. The standard InChI is InChI=1S/C9H16F2/c1-9(2,3)6-4-7(10)8(11)5-6/h6-8H,4-5H2,1-3H3/t7-,8-/m1/s1. The van der Waals surface area contributed by atoms with Crippen LogP contribution in [0.1, 0.15) is 33.6 Å². The Labute approximate surface area is 67.0 Å². The molecule has 0 unspecified atom stereocenters. The SMILES string of the molecule is CC(C)(C)C1C[C@@H](F)[C@H](F)C1. The largest absolute Gasteiger partial charge is 0.244 e. The molecule has 0 amide bonds. The van der Waals surface area contributed by atoms with Gasteiger partial charge in [0.1, 0.15) is 12.3 Å². The van der Waals surface area contributed by atoms with Crippen LogP contribution < -0.4 is 0 Å². The minimum absolute atomic E-state index is 0.0607. The molecule has 0 radical (unpaired) electrons. The smallest absolute Gasteiger partial charge is 0.131 e. The Kier molecular flexibility index (Phi) is 2.22. The lowest BCUT2D eigenvalue weighted by Crippen LogP contribution is -2.17. The first-order chi connectivity index (χ1) is 4.91. The van der Waals surface area contributed by atoms with E-state index in [2.05, 4.69) is 0 Å². The summed E-state index contributed by atoms with van der Waals surface area (Å²) >= 11 is 0. The second-order valence-electron chi connectivity index (χ2n) is 4.57. The van der Waals surface area contributed by atoms with Gasteiger partial charge in [0.2, 0.25) is 0 Å². The Morgan fingerprint density at radius 2 is 1.36 bits per heavy atom. The molecule has 0 spiro atoms. The lowest BCUT2D eigenvalue weighted by atomic mass is 9.80. The number of hydrogen-bond acceptors (Lipinski definition) is 0. The van der Waals surface area contributed by atoms with Crippen LogP contribution in [0.5, 0.6) is 0 Å². The van der Waals surface area contributed by atoms with E-state index in [-0.39, 0.29) is 11.3 Å². The summed E-state index contributed by atoms with van der Waals surface area (Å²) < 4.78 is 25.4. The lowest BCUT2D eigenvalue weighted by Gasteiger charge is -2.25. The fourth-order valence-electron chi connectivity index (χ4n) is 1.64. The third-order valence-electron chi connectivity index (χ3n) is 2.64. The lowest BCUT2D eigenvalue weighted by molar-refractivity contribution is 0.199. The van der Waals surface area contributed by atoms with Crippen LogP contribution in [0.4, 0.5) is 8.78 Å². The summed E-state index contributed by atoms with van der Waals surface area (Å²) in [5.41, 5.74) is 0.0607. The Bertz CT molecular complexity index is 127. The third-order valence-corrected chi connectivity index (χ3v) is 2.64. The van der Waals surface area contributed by atoms with E-state index in [9.17, 15) is 8.78 Å². The predicted octanol–water partition coefficient (Wildman–Crippen LogP) is 3.12. The van der Waals surface area contributed by atoms with E-state index in [1.54, 1.807) is 0 Å². The van der Waals surface area contributed by atoms with Crippen molar-refractivity contribution < 1.29 is 8.78 Å². The zero-order chi connectivity index (χ0) is 8.65. The molecule has 1 rings (SSSR count). The molecule has 11 heavy (non-hydrogen) atoms. The number of hydrogen-bond donors (Lipinski definition) is 0. The van der Waals surface area contributed by atoms with Crippen molar-refractivity contribution in [2.24, 2.45) is 11.3 Å². The van der Waals surface area contributed by atoms with Crippen LogP contribution in [-0.2, 0) is 0 Å². The fourth-order valence-corrected chi connectivity index (χ4v) is 1.64. The van der Waals surface area contributed by atoms with Crippen molar-refractivity contribution in [3.05, 3.63) is 0 Å². The minimum atomic E-state index is -1.21. The molecule has 0 aromatic heterocycles.